The molecule has 1 atom stereocenters. The molecule has 0 heterocycles. The van der Waals surface area contributed by atoms with E-state index in [1.54, 1.807) is 0 Å². The zero-order valence-electron chi connectivity index (χ0n) is 12.3. The minimum atomic E-state index is -0.881. The first-order valence-corrected chi connectivity index (χ1v) is 7.51. The highest BCUT2D eigenvalue weighted by Crippen LogP contribution is 2.56. The molecule has 0 radical (unpaired) electrons. The molecule has 3 aliphatic rings. The third kappa shape index (κ3) is 1.51. The fourth-order valence-electron chi connectivity index (χ4n) is 4.21. The minimum Gasteiger partial charge on any atom is -0.461 e. The second-order valence-electron chi connectivity index (χ2n) is 6.05. The SMILES string of the molecule is CC(=O)OC1CC2c3ccccc3C1(C=O)c1ccccc12. The molecule has 110 valence electrons. The van der Waals surface area contributed by atoms with Crippen LogP contribution >= 0.6 is 0 Å². The van der Waals surface area contributed by atoms with Gasteiger partial charge in [-0.1, -0.05) is 48.5 Å². The zero-order valence-corrected chi connectivity index (χ0v) is 12.3. The third-order valence-corrected chi connectivity index (χ3v) is 5.02. The molecule has 3 aliphatic carbocycles. The number of esters is 1. The molecule has 2 bridgehead atoms. The summed E-state index contributed by atoms with van der Waals surface area (Å²) in [4.78, 5) is 23.8. The van der Waals surface area contributed by atoms with Crippen LogP contribution in [0.5, 0.6) is 0 Å². The smallest absolute Gasteiger partial charge is 0.302 e. The van der Waals surface area contributed by atoms with Crippen molar-refractivity contribution in [2.24, 2.45) is 0 Å². The van der Waals surface area contributed by atoms with Gasteiger partial charge >= 0.3 is 5.97 Å². The number of carbonyl (C=O) groups excluding carboxylic acids is 2. The fraction of sp³-hybridized carbons (Fsp3) is 0.263. The van der Waals surface area contributed by atoms with E-state index in [0.29, 0.717) is 6.42 Å². The van der Waals surface area contributed by atoms with Gasteiger partial charge in [0, 0.05) is 12.8 Å². The third-order valence-electron chi connectivity index (χ3n) is 5.02. The summed E-state index contributed by atoms with van der Waals surface area (Å²) in [5.41, 5.74) is 3.43. The van der Waals surface area contributed by atoms with E-state index in [9.17, 15) is 9.59 Å². The molecular formula is C19H16O3. The first kappa shape index (κ1) is 13.3. The lowest BCUT2D eigenvalue weighted by Gasteiger charge is -2.50. The molecule has 0 saturated carbocycles. The number of hydrogen-bond acceptors (Lipinski definition) is 3. The Bertz CT molecular complexity index is 730. The Hall–Kier alpha value is -2.42. The van der Waals surface area contributed by atoms with Crippen molar-refractivity contribution in [1.29, 1.82) is 0 Å². The lowest BCUT2D eigenvalue weighted by Crippen LogP contribution is -2.53. The average molecular weight is 292 g/mol. The Labute approximate surface area is 128 Å². The van der Waals surface area contributed by atoms with Gasteiger partial charge in [-0.25, -0.2) is 0 Å². The topological polar surface area (TPSA) is 43.4 Å². The molecule has 0 amide bonds. The van der Waals surface area contributed by atoms with Crippen molar-refractivity contribution in [3.05, 3.63) is 70.8 Å². The van der Waals surface area contributed by atoms with E-state index in [-0.39, 0.29) is 11.9 Å². The van der Waals surface area contributed by atoms with Gasteiger partial charge in [0.15, 0.2) is 0 Å². The van der Waals surface area contributed by atoms with Crippen LogP contribution in [0.2, 0.25) is 0 Å². The molecule has 22 heavy (non-hydrogen) atoms. The minimum absolute atomic E-state index is 0.179. The molecule has 3 heteroatoms. The van der Waals surface area contributed by atoms with Crippen LogP contribution in [0.15, 0.2) is 48.5 Å². The molecule has 5 rings (SSSR count). The van der Waals surface area contributed by atoms with Crippen molar-refractivity contribution < 1.29 is 14.3 Å². The lowest BCUT2D eigenvalue weighted by molar-refractivity contribution is -0.151. The predicted molar refractivity (Wildman–Crippen MR) is 81.7 cm³/mol. The van der Waals surface area contributed by atoms with Crippen LogP contribution in [0.4, 0.5) is 0 Å². The number of carbonyl (C=O) groups is 2. The van der Waals surface area contributed by atoms with Gasteiger partial charge in [0.2, 0.25) is 0 Å². The largest absolute Gasteiger partial charge is 0.461 e. The standard InChI is InChI=1S/C19H16O3/c1-12(21)22-18-10-15-13-6-2-4-8-16(13)19(18,11-20)17-9-5-3-7-14(15)17/h2-9,11,15,18H,10H2,1H3. The van der Waals surface area contributed by atoms with Crippen molar-refractivity contribution in [1.82, 2.24) is 0 Å². The van der Waals surface area contributed by atoms with Gasteiger partial charge in [0.1, 0.15) is 17.8 Å². The molecule has 0 N–H and O–H groups in total. The van der Waals surface area contributed by atoms with Crippen LogP contribution in [0.25, 0.3) is 0 Å². The van der Waals surface area contributed by atoms with Crippen molar-refractivity contribution in [3.8, 4) is 0 Å². The molecule has 2 aromatic rings. The molecule has 3 nitrogen and oxygen atoms in total. The highest BCUT2D eigenvalue weighted by molar-refractivity contribution is 5.83. The van der Waals surface area contributed by atoms with E-state index >= 15 is 0 Å². The fourth-order valence-corrected chi connectivity index (χ4v) is 4.21. The summed E-state index contributed by atoms with van der Waals surface area (Å²) in [5, 5.41) is 0. The van der Waals surface area contributed by atoms with Gasteiger partial charge in [0.25, 0.3) is 0 Å². The molecule has 0 fully saturated rings. The number of rotatable bonds is 2. The monoisotopic (exact) mass is 292 g/mol. The van der Waals surface area contributed by atoms with Crippen LogP contribution in [0, 0.1) is 0 Å². The van der Waals surface area contributed by atoms with Crippen molar-refractivity contribution in [3.63, 3.8) is 0 Å². The second-order valence-corrected chi connectivity index (χ2v) is 6.05. The van der Waals surface area contributed by atoms with Crippen molar-refractivity contribution in [2.75, 3.05) is 0 Å². The van der Waals surface area contributed by atoms with E-state index in [2.05, 4.69) is 12.1 Å². The zero-order chi connectivity index (χ0) is 15.3. The molecule has 0 saturated heterocycles. The van der Waals surface area contributed by atoms with Gasteiger partial charge < -0.3 is 9.53 Å². The highest BCUT2D eigenvalue weighted by Gasteiger charge is 2.56. The Kier molecular flexibility index (Phi) is 2.73. The maximum atomic E-state index is 12.3. The second kappa shape index (κ2) is 4.54. The van der Waals surface area contributed by atoms with Gasteiger partial charge in [-0.05, 0) is 28.7 Å². The predicted octanol–water partition coefficient (Wildman–Crippen LogP) is 2.95. The molecule has 0 aromatic heterocycles. The average Bonchev–Trinajstić information content (AvgIpc) is 2.55. The van der Waals surface area contributed by atoms with Gasteiger partial charge in [-0.15, -0.1) is 0 Å². The Balaban J connectivity index is 2.04. The first-order chi connectivity index (χ1) is 10.7. The van der Waals surface area contributed by atoms with Crippen LogP contribution in [-0.2, 0) is 19.7 Å². The van der Waals surface area contributed by atoms with E-state index in [1.165, 1.54) is 18.1 Å². The summed E-state index contributed by atoms with van der Waals surface area (Å²) in [6.07, 6.45) is 1.19. The maximum absolute atomic E-state index is 12.3. The quantitative estimate of drug-likeness (QED) is 0.631. The summed E-state index contributed by atoms with van der Waals surface area (Å²) < 4.78 is 5.56. The summed E-state index contributed by atoms with van der Waals surface area (Å²) in [7, 11) is 0. The van der Waals surface area contributed by atoms with E-state index < -0.39 is 11.5 Å². The molecule has 2 aromatic carbocycles. The lowest BCUT2D eigenvalue weighted by atomic mass is 9.54. The van der Waals surface area contributed by atoms with Crippen LogP contribution < -0.4 is 0 Å². The maximum Gasteiger partial charge on any atom is 0.302 e. The van der Waals surface area contributed by atoms with Crippen molar-refractivity contribution >= 4 is 12.3 Å². The Morgan fingerprint density at radius 1 is 1.09 bits per heavy atom. The summed E-state index contributed by atoms with van der Waals surface area (Å²) in [6, 6.07) is 16.0. The van der Waals surface area contributed by atoms with Gasteiger partial charge in [0.05, 0.1) is 0 Å². The number of hydrogen-bond donors (Lipinski definition) is 0. The van der Waals surface area contributed by atoms with E-state index in [0.717, 1.165) is 17.4 Å². The first-order valence-electron chi connectivity index (χ1n) is 7.51. The van der Waals surface area contributed by atoms with E-state index in [4.69, 9.17) is 4.74 Å². The molecule has 1 unspecified atom stereocenters. The van der Waals surface area contributed by atoms with Crippen molar-refractivity contribution in [2.45, 2.75) is 30.8 Å². The number of fused-ring (bicyclic) bond motifs is 1. The molecule has 0 aliphatic heterocycles. The Morgan fingerprint density at radius 2 is 1.64 bits per heavy atom. The van der Waals surface area contributed by atoms with Crippen LogP contribution in [0.3, 0.4) is 0 Å². The Morgan fingerprint density at radius 3 is 2.14 bits per heavy atom. The summed E-state index contributed by atoms with van der Waals surface area (Å²) in [6.45, 7) is 1.40. The summed E-state index contributed by atoms with van der Waals surface area (Å²) >= 11 is 0. The van der Waals surface area contributed by atoms with Crippen LogP contribution in [-0.4, -0.2) is 18.4 Å². The summed E-state index contributed by atoms with van der Waals surface area (Å²) in [5.74, 6) is -0.160. The number of ether oxygens (including phenoxy) is 1. The highest BCUT2D eigenvalue weighted by atomic mass is 16.5. The number of benzene rings is 2. The van der Waals surface area contributed by atoms with Gasteiger partial charge in [-0.3, -0.25) is 4.79 Å². The van der Waals surface area contributed by atoms with E-state index in [1.807, 2.05) is 36.4 Å². The van der Waals surface area contributed by atoms with Gasteiger partial charge in [-0.2, -0.15) is 0 Å². The van der Waals surface area contributed by atoms with Crippen LogP contribution in [0.1, 0.15) is 41.5 Å². The molecule has 0 spiro atoms. The molecular weight excluding hydrogens is 276 g/mol. The normalized spacial score (nSPS) is 27.7. The number of aldehydes is 1.